The first-order chi connectivity index (χ1) is 9.11. The van der Waals surface area contributed by atoms with Crippen LogP contribution in [0.1, 0.15) is 5.69 Å². The molecule has 2 heterocycles. The molecule has 1 N–H and O–H groups in total. The summed E-state index contributed by atoms with van der Waals surface area (Å²) < 4.78 is 0. The van der Waals surface area contributed by atoms with Gasteiger partial charge in [0, 0.05) is 19.4 Å². The van der Waals surface area contributed by atoms with Crippen molar-refractivity contribution in [3.63, 3.8) is 0 Å². The van der Waals surface area contributed by atoms with Gasteiger partial charge in [-0.15, -0.1) is 0 Å². The Morgan fingerprint density at radius 1 is 1.32 bits per heavy atom. The number of aromatic nitrogens is 4. The topological polar surface area (TPSA) is 107 Å². The van der Waals surface area contributed by atoms with Crippen LogP contribution >= 0.6 is 11.8 Å². The maximum absolute atomic E-state index is 11.1. The minimum absolute atomic E-state index is 0.128. The standard InChI is InChI=1S/C10H10N6O2S/c1-6-7(16(17)18)8(15-9(11-2)14-6)19-10-12-4-3-5-13-10/h3-5H,1-2H3,(H,11,14,15). The average Bonchev–Trinajstić information content (AvgIpc) is 2.38. The van der Waals surface area contributed by atoms with Crippen molar-refractivity contribution in [2.24, 2.45) is 0 Å². The van der Waals surface area contributed by atoms with E-state index in [0.717, 1.165) is 11.8 Å². The van der Waals surface area contributed by atoms with Crippen LogP contribution < -0.4 is 5.32 Å². The van der Waals surface area contributed by atoms with Crippen LogP contribution in [0.3, 0.4) is 0 Å². The first-order valence-electron chi connectivity index (χ1n) is 5.27. The third kappa shape index (κ3) is 2.94. The highest BCUT2D eigenvalue weighted by atomic mass is 32.2. The van der Waals surface area contributed by atoms with Gasteiger partial charge in [-0.25, -0.2) is 15.0 Å². The van der Waals surface area contributed by atoms with Gasteiger partial charge < -0.3 is 5.32 Å². The van der Waals surface area contributed by atoms with E-state index in [9.17, 15) is 10.1 Å². The fourth-order valence-corrected chi connectivity index (χ4v) is 2.21. The maximum Gasteiger partial charge on any atom is 0.322 e. The molecule has 0 bridgehead atoms. The van der Waals surface area contributed by atoms with E-state index >= 15 is 0 Å². The Hall–Kier alpha value is -2.29. The van der Waals surface area contributed by atoms with Gasteiger partial charge in [0.15, 0.2) is 10.2 Å². The van der Waals surface area contributed by atoms with E-state index in [0.29, 0.717) is 16.8 Å². The van der Waals surface area contributed by atoms with Gasteiger partial charge in [0.2, 0.25) is 5.95 Å². The Kier molecular flexibility index (Phi) is 3.85. The highest BCUT2D eigenvalue weighted by Gasteiger charge is 2.23. The van der Waals surface area contributed by atoms with Crippen LogP contribution in [0.4, 0.5) is 11.6 Å². The quantitative estimate of drug-likeness (QED) is 0.389. The Morgan fingerprint density at radius 3 is 2.58 bits per heavy atom. The number of hydrogen-bond donors (Lipinski definition) is 1. The molecule has 0 saturated heterocycles. The second-order valence-electron chi connectivity index (χ2n) is 3.43. The molecular formula is C10H10N6O2S. The lowest BCUT2D eigenvalue weighted by Gasteiger charge is -2.05. The van der Waals surface area contributed by atoms with Gasteiger partial charge in [-0.2, -0.15) is 4.98 Å². The second-order valence-corrected chi connectivity index (χ2v) is 4.38. The molecule has 2 aromatic heterocycles. The number of rotatable bonds is 4. The van der Waals surface area contributed by atoms with Crippen molar-refractivity contribution in [3.05, 3.63) is 34.3 Å². The Labute approximate surface area is 112 Å². The number of nitro groups is 1. The first-order valence-corrected chi connectivity index (χ1v) is 6.09. The lowest BCUT2D eigenvalue weighted by Crippen LogP contribution is -2.04. The van der Waals surface area contributed by atoms with Crippen molar-refractivity contribution < 1.29 is 4.92 Å². The van der Waals surface area contributed by atoms with Crippen LogP contribution in [0.25, 0.3) is 0 Å². The molecule has 0 amide bonds. The molecule has 9 heteroatoms. The van der Waals surface area contributed by atoms with Gasteiger partial charge >= 0.3 is 5.69 Å². The number of aryl methyl sites for hydroxylation is 1. The minimum Gasteiger partial charge on any atom is -0.357 e. The largest absolute Gasteiger partial charge is 0.357 e. The molecule has 0 atom stereocenters. The molecule has 2 aromatic rings. The Balaban J connectivity index is 2.48. The summed E-state index contributed by atoms with van der Waals surface area (Å²) in [4.78, 5) is 26.7. The molecule has 0 fully saturated rings. The normalized spacial score (nSPS) is 10.2. The lowest BCUT2D eigenvalue weighted by molar-refractivity contribution is -0.389. The number of hydrogen-bond acceptors (Lipinski definition) is 8. The van der Waals surface area contributed by atoms with Gasteiger partial charge in [-0.3, -0.25) is 10.1 Å². The zero-order valence-electron chi connectivity index (χ0n) is 10.2. The van der Waals surface area contributed by atoms with Crippen molar-refractivity contribution in [1.82, 2.24) is 19.9 Å². The number of nitrogens with zero attached hydrogens (tertiary/aromatic N) is 5. The third-order valence-corrected chi connectivity index (χ3v) is 3.03. The summed E-state index contributed by atoms with van der Waals surface area (Å²) in [5, 5.41) is 14.5. The van der Waals surface area contributed by atoms with Crippen molar-refractivity contribution in [1.29, 1.82) is 0 Å². The zero-order valence-corrected chi connectivity index (χ0v) is 11.0. The second kappa shape index (κ2) is 5.57. The van der Waals surface area contributed by atoms with E-state index in [2.05, 4.69) is 25.3 Å². The summed E-state index contributed by atoms with van der Waals surface area (Å²) in [5.41, 5.74) is 0.166. The fraction of sp³-hybridized carbons (Fsp3) is 0.200. The summed E-state index contributed by atoms with van der Waals surface area (Å²) in [5.74, 6) is 0.321. The van der Waals surface area contributed by atoms with E-state index < -0.39 is 4.92 Å². The highest BCUT2D eigenvalue weighted by Crippen LogP contribution is 2.33. The van der Waals surface area contributed by atoms with Crippen molar-refractivity contribution in [2.45, 2.75) is 17.1 Å². The zero-order chi connectivity index (χ0) is 13.8. The smallest absolute Gasteiger partial charge is 0.322 e. The summed E-state index contributed by atoms with van der Waals surface area (Å²) in [7, 11) is 1.65. The van der Waals surface area contributed by atoms with Crippen LogP contribution in [-0.4, -0.2) is 31.9 Å². The van der Waals surface area contributed by atoms with E-state index in [1.165, 1.54) is 0 Å². The molecule has 19 heavy (non-hydrogen) atoms. The summed E-state index contributed by atoms with van der Waals surface area (Å²) in [6.45, 7) is 1.57. The summed E-state index contributed by atoms with van der Waals surface area (Å²) in [6.07, 6.45) is 3.13. The van der Waals surface area contributed by atoms with Crippen molar-refractivity contribution in [3.8, 4) is 0 Å². The van der Waals surface area contributed by atoms with Crippen molar-refractivity contribution in [2.75, 3.05) is 12.4 Å². The highest BCUT2D eigenvalue weighted by molar-refractivity contribution is 7.99. The van der Waals surface area contributed by atoms with Gasteiger partial charge in [0.25, 0.3) is 0 Å². The molecule has 0 saturated carbocycles. The molecule has 0 unspecified atom stereocenters. The minimum atomic E-state index is -0.500. The summed E-state index contributed by atoms with van der Waals surface area (Å²) >= 11 is 1.03. The Morgan fingerprint density at radius 2 is 2.00 bits per heavy atom. The first kappa shape index (κ1) is 13.1. The van der Waals surface area contributed by atoms with Crippen LogP contribution in [0.15, 0.2) is 28.6 Å². The fourth-order valence-electron chi connectivity index (χ4n) is 1.36. The van der Waals surface area contributed by atoms with E-state index in [4.69, 9.17) is 0 Å². The van der Waals surface area contributed by atoms with E-state index in [1.807, 2.05) is 0 Å². The summed E-state index contributed by atoms with van der Waals surface area (Å²) in [6, 6.07) is 1.67. The van der Waals surface area contributed by atoms with Crippen LogP contribution in [0.2, 0.25) is 0 Å². The maximum atomic E-state index is 11.1. The number of anilines is 1. The molecule has 0 radical (unpaired) electrons. The van der Waals surface area contributed by atoms with Crippen LogP contribution in [0.5, 0.6) is 0 Å². The van der Waals surface area contributed by atoms with Gasteiger partial charge in [0.1, 0.15) is 5.69 Å². The average molecular weight is 278 g/mol. The molecule has 8 nitrogen and oxygen atoms in total. The predicted octanol–water partition coefficient (Wildman–Crippen LogP) is 1.68. The van der Waals surface area contributed by atoms with Gasteiger partial charge in [0.05, 0.1) is 4.92 Å². The molecule has 0 aliphatic heterocycles. The Bertz CT molecular complexity index is 606. The molecule has 0 aliphatic carbocycles. The molecule has 98 valence electrons. The van der Waals surface area contributed by atoms with Crippen LogP contribution in [0, 0.1) is 17.0 Å². The number of nitrogens with one attached hydrogen (secondary N) is 1. The van der Waals surface area contributed by atoms with Gasteiger partial charge in [-0.1, -0.05) is 0 Å². The van der Waals surface area contributed by atoms with Crippen molar-refractivity contribution >= 4 is 23.4 Å². The molecule has 0 aliphatic rings. The molecule has 0 aromatic carbocycles. The van der Waals surface area contributed by atoms with E-state index in [-0.39, 0.29) is 10.7 Å². The molecule has 0 spiro atoms. The lowest BCUT2D eigenvalue weighted by atomic mass is 10.4. The molecule has 2 rings (SSSR count). The van der Waals surface area contributed by atoms with Gasteiger partial charge in [-0.05, 0) is 24.8 Å². The third-order valence-electron chi connectivity index (χ3n) is 2.16. The monoisotopic (exact) mass is 278 g/mol. The van der Waals surface area contributed by atoms with E-state index in [1.54, 1.807) is 32.4 Å². The predicted molar refractivity (Wildman–Crippen MR) is 69.1 cm³/mol. The molecular weight excluding hydrogens is 268 g/mol. The van der Waals surface area contributed by atoms with Crippen LogP contribution in [-0.2, 0) is 0 Å². The SMILES string of the molecule is CNc1nc(C)c([N+](=O)[O-])c(Sc2ncccn2)n1.